The van der Waals surface area contributed by atoms with E-state index in [9.17, 15) is 9.59 Å². The summed E-state index contributed by atoms with van der Waals surface area (Å²) in [5.74, 6) is -0.194. The van der Waals surface area contributed by atoms with Crippen LogP contribution in [0.4, 0.5) is 0 Å². The first-order chi connectivity index (χ1) is 5.77. The Morgan fingerprint density at radius 1 is 1.67 bits per heavy atom. The van der Waals surface area contributed by atoms with Crippen molar-refractivity contribution in [2.24, 2.45) is 5.73 Å². The lowest BCUT2D eigenvalue weighted by molar-refractivity contribution is 0.100. The van der Waals surface area contributed by atoms with Gasteiger partial charge in [0.15, 0.2) is 12.1 Å². The molecule has 0 atom stereocenters. The van der Waals surface area contributed by atoms with Gasteiger partial charge in [0, 0.05) is 11.8 Å². The first-order valence-electron chi connectivity index (χ1n) is 3.42. The fraction of sp³-hybridized carbons (Fsp3) is 0.125. The maximum Gasteiger partial charge on any atom is 0.176 e. The van der Waals surface area contributed by atoms with E-state index in [1.807, 2.05) is 0 Å². The molecule has 0 unspecified atom stereocenters. The average Bonchev–Trinajstić information content (AvgIpc) is 2.17. The van der Waals surface area contributed by atoms with E-state index in [-0.39, 0.29) is 18.0 Å². The van der Waals surface area contributed by atoms with Crippen LogP contribution in [0.5, 0.6) is 0 Å². The van der Waals surface area contributed by atoms with E-state index in [0.717, 1.165) is 0 Å². The van der Waals surface area contributed by atoms with Gasteiger partial charge in [-0.3, -0.25) is 14.6 Å². The van der Waals surface area contributed by atoms with Gasteiger partial charge in [0.2, 0.25) is 0 Å². The Morgan fingerprint density at radius 3 is 3.00 bits per heavy atom. The highest BCUT2D eigenvalue weighted by Crippen LogP contribution is 1.99. The number of carbonyl (C=O) groups is 2. The highest BCUT2D eigenvalue weighted by Gasteiger charge is 2.03. The Kier molecular flexibility index (Phi) is 2.66. The Hall–Kier alpha value is -1.55. The molecule has 2 N–H and O–H groups in total. The molecule has 0 aromatic carbocycles. The lowest BCUT2D eigenvalue weighted by Gasteiger charge is -1.96. The summed E-state index contributed by atoms with van der Waals surface area (Å²) < 4.78 is 0. The van der Waals surface area contributed by atoms with Gasteiger partial charge in [0.25, 0.3) is 0 Å². The van der Waals surface area contributed by atoms with Gasteiger partial charge in [0.1, 0.15) is 5.69 Å². The van der Waals surface area contributed by atoms with Crippen molar-refractivity contribution in [2.45, 2.75) is 0 Å². The second-order valence-electron chi connectivity index (χ2n) is 2.21. The first-order valence-corrected chi connectivity index (χ1v) is 3.42. The van der Waals surface area contributed by atoms with Crippen LogP contribution in [-0.4, -0.2) is 23.6 Å². The predicted octanol–water partition coefficient (Wildman–Crippen LogP) is 0.0355. The third-order valence-electron chi connectivity index (χ3n) is 1.41. The molecule has 0 bridgehead atoms. The third kappa shape index (κ3) is 1.73. The number of carbonyl (C=O) groups excluding carboxylic acids is 2. The number of Topliss-reactive ketones (excluding diaryl/α,β-unsaturated/α-hetero) is 1. The number of rotatable bonds is 3. The number of aromatic nitrogens is 1. The molecule has 0 saturated carbocycles. The molecule has 62 valence electrons. The van der Waals surface area contributed by atoms with Gasteiger partial charge in [-0.2, -0.15) is 0 Å². The van der Waals surface area contributed by atoms with Crippen molar-refractivity contribution in [2.75, 3.05) is 6.54 Å². The molecule has 0 spiro atoms. The van der Waals surface area contributed by atoms with E-state index in [1.165, 1.54) is 18.3 Å². The Labute approximate surface area is 69.4 Å². The number of pyridine rings is 1. The highest BCUT2D eigenvalue weighted by molar-refractivity contribution is 5.98. The Bertz CT molecular complexity index is 310. The van der Waals surface area contributed by atoms with Crippen molar-refractivity contribution in [1.82, 2.24) is 4.98 Å². The van der Waals surface area contributed by atoms with Gasteiger partial charge >= 0.3 is 0 Å². The predicted molar refractivity (Wildman–Crippen MR) is 43.0 cm³/mol. The fourth-order valence-corrected chi connectivity index (χ4v) is 0.804. The number of hydrogen-bond acceptors (Lipinski definition) is 4. The van der Waals surface area contributed by atoms with Crippen molar-refractivity contribution < 1.29 is 9.59 Å². The zero-order valence-corrected chi connectivity index (χ0v) is 6.36. The number of ketones is 1. The zero-order chi connectivity index (χ0) is 8.97. The van der Waals surface area contributed by atoms with Gasteiger partial charge in [-0.25, -0.2) is 0 Å². The largest absolute Gasteiger partial charge is 0.324 e. The van der Waals surface area contributed by atoms with Crippen molar-refractivity contribution in [1.29, 1.82) is 0 Å². The number of aldehydes is 1. The molecule has 0 radical (unpaired) electrons. The molecule has 0 amide bonds. The molecule has 1 heterocycles. The molecular weight excluding hydrogens is 156 g/mol. The summed E-state index contributed by atoms with van der Waals surface area (Å²) in [5, 5.41) is 0. The van der Waals surface area contributed by atoms with E-state index >= 15 is 0 Å². The summed E-state index contributed by atoms with van der Waals surface area (Å²) in [4.78, 5) is 25.0. The van der Waals surface area contributed by atoms with Crippen molar-refractivity contribution >= 4 is 12.1 Å². The first kappa shape index (κ1) is 8.55. The quantitative estimate of drug-likeness (QED) is 0.505. The van der Waals surface area contributed by atoms with Crippen molar-refractivity contribution in [3.63, 3.8) is 0 Å². The number of nitrogens with zero attached hydrogens (tertiary/aromatic N) is 1. The molecule has 4 nitrogen and oxygen atoms in total. The molecule has 0 aliphatic carbocycles. The Morgan fingerprint density at radius 2 is 2.42 bits per heavy atom. The summed E-state index contributed by atoms with van der Waals surface area (Å²) in [6.45, 7) is -0.0533. The molecule has 1 aromatic rings. The topological polar surface area (TPSA) is 73.1 Å². The summed E-state index contributed by atoms with van der Waals surface area (Å²) in [7, 11) is 0. The summed E-state index contributed by atoms with van der Waals surface area (Å²) in [5.41, 5.74) is 5.81. The molecule has 12 heavy (non-hydrogen) atoms. The molecule has 1 rings (SSSR count). The third-order valence-corrected chi connectivity index (χ3v) is 1.41. The van der Waals surface area contributed by atoms with Crippen LogP contribution >= 0.6 is 0 Å². The van der Waals surface area contributed by atoms with Crippen LogP contribution in [0.2, 0.25) is 0 Å². The lowest BCUT2D eigenvalue weighted by atomic mass is 10.1. The molecule has 0 aliphatic heterocycles. The lowest BCUT2D eigenvalue weighted by Crippen LogP contribution is -2.13. The van der Waals surface area contributed by atoms with E-state index < -0.39 is 0 Å². The maximum absolute atomic E-state index is 11.0. The van der Waals surface area contributed by atoms with E-state index in [1.54, 1.807) is 0 Å². The summed E-state index contributed by atoms with van der Waals surface area (Å²) in [6, 6.07) is 2.95. The van der Waals surface area contributed by atoms with E-state index in [0.29, 0.717) is 11.8 Å². The second-order valence-corrected chi connectivity index (χ2v) is 2.21. The molecule has 0 aliphatic rings. The minimum Gasteiger partial charge on any atom is -0.324 e. The smallest absolute Gasteiger partial charge is 0.176 e. The van der Waals surface area contributed by atoms with Crippen LogP contribution in [0.3, 0.4) is 0 Å². The molecule has 4 heteroatoms. The van der Waals surface area contributed by atoms with Gasteiger partial charge in [0.05, 0.1) is 6.54 Å². The van der Waals surface area contributed by atoms with Crippen LogP contribution in [0.1, 0.15) is 20.8 Å². The number of nitrogens with two attached hydrogens (primary N) is 1. The molecule has 0 saturated heterocycles. The zero-order valence-electron chi connectivity index (χ0n) is 6.36. The average molecular weight is 164 g/mol. The molecular formula is C8H8N2O2. The van der Waals surface area contributed by atoms with E-state index in [2.05, 4.69) is 4.98 Å². The van der Waals surface area contributed by atoms with Gasteiger partial charge in [-0.1, -0.05) is 0 Å². The second kappa shape index (κ2) is 3.73. The van der Waals surface area contributed by atoms with Crippen LogP contribution in [-0.2, 0) is 0 Å². The normalized spacial score (nSPS) is 9.42. The molecule has 0 fully saturated rings. The van der Waals surface area contributed by atoms with Crippen LogP contribution in [0.15, 0.2) is 18.3 Å². The summed E-state index contributed by atoms with van der Waals surface area (Å²) >= 11 is 0. The fourth-order valence-electron chi connectivity index (χ4n) is 0.804. The standard InChI is InChI=1S/C8H8N2O2/c9-4-8(12)6-1-2-10-7(3-6)5-11/h1-3,5H,4,9H2. The highest BCUT2D eigenvalue weighted by atomic mass is 16.1. The van der Waals surface area contributed by atoms with Crippen LogP contribution in [0, 0.1) is 0 Å². The van der Waals surface area contributed by atoms with Crippen molar-refractivity contribution in [3.05, 3.63) is 29.6 Å². The van der Waals surface area contributed by atoms with Crippen LogP contribution in [0.25, 0.3) is 0 Å². The van der Waals surface area contributed by atoms with Crippen molar-refractivity contribution in [3.8, 4) is 0 Å². The van der Waals surface area contributed by atoms with Gasteiger partial charge in [-0.05, 0) is 12.1 Å². The van der Waals surface area contributed by atoms with Crippen LogP contribution < -0.4 is 5.73 Å². The minimum absolute atomic E-state index is 0.0533. The molecule has 1 aromatic heterocycles. The van der Waals surface area contributed by atoms with Gasteiger partial charge in [-0.15, -0.1) is 0 Å². The van der Waals surface area contributed by atoms with E-state index in [4.69, 9.17) is 5.73 Å². The maximum atomic E-state index is 11.0. The monoisotopic (exact) mass is 164 g/mol. The van der Waals surface area contributed by atoms with Gasteiger partial charge < -0.3 is 5.73 Å². The number of hydrogen-bond donors (Lipinski definition) is 1. The minimum atomic E-state index is -0.194. The SMILES string of the molecule is NCC(=O)c1ccnc(C=O)c1. The Balaban J connectivity index is 3.01. The summed E-state index contributed by atoms with van der Waals surface area (Å²) in [6.07, 6.45) is 2.00.